The first kappa shape index (κ1) is 51.2. The van der Waals surface area contributed by atoms with E-state index in [1.807, 2.05) is 62.4 Å². The van der Waals surface area contributed by atoms with E-state index >= 15 is 0 Å². The van der Waals surface area contributed by atoms with Crippen LogP contribution in [-0.4, -0.2) is 151 Å². The van der Waals surface area contributed by atoms with Gasteiger partial charge in [0.1, 0.15) is 0 Å². The summed E-state index contributed by atoms with van der Waals surface area (Å²) in [4.78, 5) is 58.8. The van der Waals surface area contributed by atoms with E-state index in [1.165, 1.54) is 10.1 Å². The molecule has 4 rings (SSSR count). The molecule has 17 nitrogen and oxygen atoms in total. The number of amides is 3. The molecule has 1 fully saturated rings. The van der Waals surface area contributed by atoms with Crippen LogP contribution in [0.3, 0.4) is 0 Å². The molecular weight excluding hydrogens is 831 g/mol. The number of hydrogen-bond donors (Lipinski definition) is 5. The number of nitrogen functional groups attached to an aromatic ring is 2. The van der Waals surface area contributed by atoms with Gasteiger partial charge in [-0.1, -0.05) is 35.9 Å². The second kappa shape index (κ2) is 27.0. The molecule has 1 aromatic heterocycles. The summed E-state index contributed by atoms with van der Waals surface area (Å²) in [6, 6.07) is 15.1. The first-order valence-corrected chi connectivity index (χ1v) is 21.1. The second-order valence-corrected chi connectivity index (χ2v) is 14.9. The smallest absolute Gasteiger partial charge is 0.277 e. The fourth-order valence-electron chi connectivity index (χ4n) is 7.31. The molecule has 1 unspecified atom stereocenters. The van der Waals surface area contributed by atoms with Gasteiger partial charge in [-0.15, -0.1) is 0 Å². The van der Waals surface area contributed by atoms with Gasteiger partial charge in [-0.25, -0.2) is 20.1 Å². The van der Waals surface area contributed by atoms with Crippen LogP contribution in [0.5, 0.6) is 0 Å². The molecule has 1 aliphatic heterocycles. The highest BCUT2D eigenvalue weighted by atomic mass is 35.5. The van der Waals surface area contributed by atoms with Crippen molar-refractivity contribution in [3.63, 3.8) is 0 Å². The van der Waals surface area contributed by atoms with Crippen molar-refractivity contribution in [3.05, 3.63) is 81.6 Å². The molecule has 0 aliphatic carbocycles. The van der Waals surface area contributed by atoms with Crippen molar-refractivity contribution in [1.82, 2.24) is 25.4 Å². The molecule has 3 amide bonds. The number of aromatic nitrogens is 2. The molecule has 2 heterocycles. The number of carbonyl (C=O) groups excluding carboxylic acids is 3. The topological polar surface area (TPSA) is 225 Å². The third-order valence-corrected chi connectivity index (χ3v) is 10.6. The molecule has 19 heteroatoms. The third-order valence-electron chi connectivity index (χ3n) is 10.3. The Kier molecular flexibility index (Phi) is 22.7. The molecule has 0 saturated carbocycles. The van der Waals surface area contributed by atoms with Gasteiger partial charge in [-0.05, 0) is 74.9 Å². The van der Waals surface area contributed by atoms with Gasteiger partial charge >= 0.3 is 0 Å². The summed E-state index contributed by atoms with van der Waals surface area (Å²) < 4.78 is 11.3. The lowest BCUT2D eigenvalue weighted by molar-refractivity contribution is -0.933. The average molecular weight is 894 g/mol. The summed E-state index contributed by atoms with van der Waals surface area (Å²) in [5, 5.41) is 23.4. The van der Waals surface area contributed by atoms with Crippen LogP contribution >= 0.6 is 11.6 Å². The zero-order valence-electron chi connectivity index (χ0n) is 35.2. The molecule has 3 aromatic rings. The average Bonchev–Trinajstić information content (AvgIpc) is 3.25. The zero-order valence-corrected chi connectivity index (χ0v) is 36.7. The predicted octanol–water partition coefficient (Wildman–Crippen LogP) is 0.0782. The number of ether oxygens (including phenoxy) is 2. The number of hydroxylamine groups is 4. The molecule has 338 valence electrons. The number of aliphatic hydroxyl groups excluding tert-OH is 2. The molecule has 7 N–H and O–H groups in total. The number of carbonyl (C=O) groups is 3. The van der Waals surface area contributed by atoms with Crippen LogP contribution in [0.15, 0.2) is 48.5 Å². The van der Waals surface area contributed by atoms with Crippen LogP contribution in [0.4, 0.5) is 11.6 Å². The lowest BCUT2D eigenvalue weighted by Crippen LogP contribution is -3.00. The van der Waals surface area contributed by atoms with Gasteiger partial charge in [-0.2, -0.15) is 0 Å². The quantitative estimate of drug-likeness (QED) is 0.0410. The predicted molar refractivity (Wildman–Crippen MR) is 227 cm³/mol. The summed E-state index contributed by atoms with van der Waals surface area (Å²) >= 11 is 6.08. The molecule has 0 spiro atoms. The number of aliphatic hydroxyl groups is 2. The van der Waals surface area contributed by atoms with E-state index in [0.29, 0.717) is 24.2 Å². The Balaban J connectivity index is 0.00000992. The Morgan fingerprint density at radius 2 is 1.26 bits per heavy atom. The number of quaternary nitrogens is 1. The lowest BCUT2D eigenvalue weighted by atomic mass is 9.98. The van der Waals surface area contributed by atoms with Crippen LogP contribution in [-0.2, 0) is 32.0 Å². The van der Waals surface area contributed by atoms with E-state index in [9.17, 15) is 14.4 Å². The maximum atomic E-state index is 13.4. The first-order valence-electron chi connectivity index (χ1n) is 20.7. The van der Waals surface area contributed by atoms with Crippen LogP contribution < -0.4 is 29.2 Å². The highest BCUT2D eigenvalue weighted by Gasteiger charge is 2.36. The maximum Gasteiger partial charge on any atom is 0.277 e. The fraction of sp³-hybridized carbons (Fsp3) is 0.548. The molecule has 1 aliphatic rings. The molecule has 1 atom stereocenters. The Morgan fingerprint density at radius 1 is 0.770 bits per heavy atom. The van der Waals surface area contributed by atoms with Crippen LogP contribution in [0.1, 0.15) is 81.9 Å². The number of piperidine rings is 1. The summed E-state index contributed by atoms with van der Waals surface area (Å²) in [7, 11) is 0. The van der Waals surface area contributed by atoms with Crippen molar-refractivity contribution in [2.75, 3.05) is 104 Å². The van der Waals surface area contributed by atoms with Gasteiger partial charge < -0.3 is 53.4 Å². The van der Waals surface area contributed by atoms with Crippen molar-refractivity contribution < 1.29 is 60.6 Å². The van der Waals surface area contributed by atoms with E-state index in [2.05, 4.69) is 15.3 Å². The summed E-state index contributed by atoms with van der Waals surface area (Å²) in [5.74, 6) is -1.03. The largest absolute Gasteiger partial charge is 1.00 e. The highest BCUT2D eigenvalue weighted by molar-refractivity contribution is 6.31. The standard InChI is InChI=1S/C42H61ClN8O9.ClH/c1-3-49(59-28-26-57-24-22-52)41(55)33-15-11-31(12-16-33)8-5-19-51(21-7-10-35(30-51)46-40(54)36-38(44)48-39(45)37(43)47-36)20-6-9-32-13-17-34(18-14-32)42(56)50(4-2)60-29-27-58-25-23-53;/h11-18,35,52-53H,3-10,19-30H2,1-2H3,(H4-,44,45,46,48,54);1H. The Labute approximate surface area is 369 Å². The number of nitrogens with two attached hydrogens (primary N) is 2. The summed E-state index contributed by atoms with van der Waals surface area (Å²) in [6.45, 7) is 9.09. The number of anilines is 2. The number of likely N-dealkylation sites (tertiary alicyclic amines) is 1. The Bertz CT molecular complexity index is 1710. The van der Waals surface area contributed by atoms with Crippen molar-refractivity contribution in [3.8, 4) is 0 Å². The molecule has 0 radical (unpaired) electrons. The van der Waals surface area contributed by atoms with Crippen molar-refractivity contribution in [1.29, 1.82) is 0 Å². The molecule has 2 aromatic carbocycles. The lowest BCUT2D eigenvalue weighted by Gasteiger charge is -2.45. The minimum absolute atomic E-state index is 0. The van der Waals surface area contributed by atoms with Gasteiger partial charge in [0.15, 0.2) is 22.5 Å². The van der Waals surface area contributed by atoms with Gasteiger partial charge in [-0.3, -0.25) is 24.1 Å². The second-order valence-electron chi connectivity index (χ2n) is 14.6. The van der Waals surface area contributed by atoms with Crippen LogP contribution in [0, 0.1) is 0 Å². The van der Waals surface area contributed by atoms with Crippen LogP contribution in [0.2, 0.25) is 5.15 Å². The van der Waals surface area contributed by atoms with E-state index < -0.39 is 5.91 Å². The van der Waals surface area contributed by atoms with E-state index in [1.54, 1.807) is 0 Å². The van der Waals surface area contributed by atoms with Crippen LogP contribution in [0.25, 0.3) is 0 Å². The Hall–Kier alpha value is -4.17. The van der Waals surface area contributed by atoms with Gasteiger partial charge in [0.25, 0.3) is 17.7 Å². The van der Waals surface area contributed by atoms with Gasteiger partial charge in [0.05, 0.1) is 85.1 Å². The fourth-order valence-corrected chi connectivity index (χ4v) is 7.43. The van der Waals surface area contributed by atoms with E-state index in [0.717, 1.165) is 80.3 Å². The number of nitrogens with zero attached hydrogens (tertiary/aromatic N) is 5. The maximum absolute atomic E-state index is 13.4. The van der Waals surface area contributed by atoms with Crippen molar-refractivity contribution in [2.24, 2.45) is 0 Å². The third kappa shape index (κ3) is 16.2. The zero-order chi connectivity index (χ0) is 43.3. The molecule has 0 bridgehead atoms. The minimum atomic E-state index is -0.444. The van der Waals surface area contributed by atoms with Gasteiger partial charge in [0.2, 0.25) is 0 Å². The monoisotopic (exact) mass is 892 g/mol. The number of aryl methyl sites for hydroxylation is 2. The number of rotatable bonds is 26. The molecule has 61 heavy (non-hydrogen) atoms. The normalized spacial score (nSPS) is 14.5. The first-order chi connectivity index (χ1) is 29.0. The van der Waals surface area contributed by atoms with E-state index in [-0.39, 0.29) is 106 Å². The number of hydrogen-bond acceptors (Lipinski definition) is 13. The summed E-state index contributed by atoms with van der Waals surface area (Å²) in [5.41, 5.74) is 15.0. The van der Waals surface area contributed by atoms with E-state index in [4.69, 9.17) is 52.4 Å². The molecule has 1 saturated heterocycles. The SMILES string of the molecule is CCN(OCCOCCO)C(=O)c1ccc(CCC[N+]2(CCCc3ccc(C(=O)N(CC)OCCOCCO)cc3)CCCC(NC(=O)c3nc(Cl)c(N)nc3N)C2)cc1.[Cl-]. The number of nitrogens with one attached hydrogen (secondary N) is 1. The van der Waals surface area contributed by atoms with Crippen molar-refractivity contribution in [2.45, 2.75) is 58.4 Å². The minimum Gasteiger partial charge on any atom is -1.00 e. The highest BCUT2D eigenvalue weighted by Crippen LogP contribution is 2.24. The summed E-state index contributed by atoms with van der Waals surface area (Å²) in [6.07, 6.45) is 5.10. The number of benzene rings is 2. The van der Waals surface area contributed by atoms with Gasteiger partial charge in [0, 0.05) is 37.1 Å². The van der Waals surface area contributed by atoms with Crippen molar-refractivity contribution >= 4 is 41.0 Å². The Morgan fingerprint density at radius 3 is 1.72 bits per heavy atom. The number of halogens is 2. The molecular formula is C42H62Cl2N8O9.